The minimum absolute atomic E-state index is 0.0266. The lowest BCUT2D eigenvalue weighted by Crippen LogP contribution is -2.32. The zero-order valence-electron chi connectivity index (χ0n) is 6.03. The predicted octanol–water partition coefficient (Wildman–Crippen LogP) is 0.0713. The van der Waals surface area contributed by atoms with Crippen LogP contribution in [0.4, 0.5) is 0 Å². The van der Waals surface area contributed by atoms with E-state index in [-0.39, 0.29) is 6.10 Å². The molecule has 10 heavy (non-hydrogen) atoms. The van der Waals surface area contributed by atoms with Crippen molar-refractivity contribution in [1.29, 1.82) is 0 Å². The number of piperidine rings is 1. The molecule has 1 saturated carbocycles. The third kappa shape index (κ3) is 0.487. The predicted molar refractivity (Wildman–Crippen MR) is 37.6 cm³/mol. The van der Waals surface area contributed by atoms with Gasteiger partial charge in [0.05, 0.1) is 6.10 Å². The zero-order valence-corrected chi connectivity index (χ0v) is 6.03. The van der Waals surface area contributed by atoms with Gasteiger partial charge in [0.25, 0.3) is 0 Å². The van der Waals surface area contributed by atoms with Gasteiger partial charge in [-0.15, -0.1) is 0 Å². The smallest absolute Gasteiger partial charge is 0.0735 e. The van der Waals surface area contributed by atoms with Crippen LogP contribution in [0.15, 0.2) is 0 Å². The summed E-state index contributed by atoms with van der Waals surface area (Å²) in [6.45, 7) is 2.46. The van der Waals surface area contributed by atoms with E-state index in [1.807, 2.05) is 0 Å². The van der Waals surface area contributed by atoms with Gasteiger partial charge in [-0.2, -0.15) is 0 Å². The van der Waals surface area contributed by atoms with Crippen LogP contribution in [0.2, 0.25) is 0 Å². The fraction of sp³-hybridized carbons (Fsp3) is 1.00. The van der Waals surface area contributed by atoms with E-state index in [9.17, 15) is 5.11 Å². The molecule has 3 saturated heterocycles. The number of nitrogens with zero attached hydrogens (tertiary/aromatic N) is 1. The average Bonchev–Trinajstić information content (AvgIpc) is 2.31. The van der Waals surface area contributed by atoms with Crippen LogP contribution in [0, 0.1) is 11.8 Å². The Labute approximate surface area is 60.8 Å². The third-order valence-electron chi connectivity index (χ3n) is 3.52. The van der Waals surface area contributed by atoms with Crippen LogP contribution in [0.1, 0.15) is 12.8 Å². The normalized spacial score (nSPS) is 63.9. The van der Waals surface area contributed by atoms with Crippen LogP contribution < -0.4 is 0 Å². The Morgan fingerprint density at radius 2 is 2.10 bits per heavy atom. The van der Waals surface area contributed by atoms with Gasteiger partial charge in [-0.1, -0.05) is 0 Å². The second kappa shape index (κ2) is 1.56. The quantitative estimate of drug-likeness (QED) is 0.513. The number of hydrogen-bond acceptors (Lipinski definition) is 2. The summed E-state index contributed by atoms with van der Waals surface area (Å²) in [6, 6.07) is 0.559. The molecule has 5 atom stereocenters. The standard InChI is InChI=1S/C8H13NO/c10-8-6-1-5-2-7(8)9(3-5)4-6/h5-8,10H,1-4H2/t5?,6?,7?,8-/m1/s1. The molecule has 0 amide bonds. The fourth-order valence-corrected chi connectivity index (χ4v) is 3.13. The Hall–Kier alpha value is -0.0800. The maximum atomic E-state index is 9.66. The molecule has 1 N–H and O–H groups in total. The van der Waals surface area contributed by atoms with E-state index in [2.05, 4.69) is 4.90 Å². The van der Waals surface area contributed by atoms with Gasteiger partial charge in [-0.05, 0) is 24.7 Å². The summed E-state index contributed by atoms with van der Waals surface area (Å²) in [6.07, 6.45) is 2.60. The molecule has 4 fully saturated rings. The SMILES string of the molecule is O[C@@H]1C2CC3CC1N(C3)C2. The van der Waals surface area contributed by atoms with Crippen molar-refractivity contribution in [3.8, 4) is 0 Å². The van der Waals surface area contributed by atoms with E-state index in [0.717, 1.165) is 5.92 Å². The summed E-state index contributed by atoms with van der Waals surface area (Å²) < 4.78 is 0. The van der Waals surface area contributed by atoms with Gasteiger partial charge in [0.1, 0.15) is 0 Å². The van der Waals surface area contributed by atoms with Crippen molar-refractivity contribution in [1.82, 2.24) is 4.90 Å². The van der Waals surface area contributed by atoms with Crippen molar-refractivity contribution >= 4 is 0 Å². The average molecular weight is 139 g/mol. The van der Waals surface area contributed by atoms with E-state index < -0.39 is 0 Å². The van der Waals surface area contributed by atoms with E-state index in [4.69, 9.17) is 0 Å². The molecule has 4 aliphatic rings. The molecule has 0 aromatic heterocycles. The van der Waals surface area contributed by atoms with E-state index in [1.165, 1.54) is 25.9 Å². The maximum absolute atomic E-state index is 9.66. The van der Waals surface area contributed by atoms with Crippen LogP contribution in [0.25, 0.3) is 0 Å². The topological polar surface area (TPSA) is 23.5 Å². The molecule has 0 aromatic rings. The number of hydrogen-bond donors (Lipinski definition) is 1. The second-order valence-corrected chi connectivity index (χ2v) is 4.11. The van der Waals surface area contributed by atoms with Crippen LogP contribution in [0.3, 0.4) is 0 Å². The van der Waals surface area contributed by atoms with Crippen molar-refractivity contribution in [3.05, 3.63) is 0 Å². The van der Waals surface area contributed by atoms with Gasteiger partial charge in [-0.25, -0.2) is 0 Å². The summed E-state index contributed by atoms with van der Waals surface area (Å²) in [4.78, 5) is 2.48. The highest BCUT2D eigenvalue weighted by Crippen LogP contribution is 2.45. The Kier molecular flexibility index (Phi) is 0.868. The highest BCUT2D eigenvalue weighted by Gasteiger charge is 2.51. The van der Waals surface area contributed by atoms with E-state index >= 15 is 0 Å². The first kappa shape index (κ1) is 5.56. The minimum atomic E-state index is 0.0266. The lowest BCUT2D eigenvalue weighted by Gasteiger charge is -2.26. The molecule has 1 aliphatic carbocycles. The first-order chi connectivity index (χ1) is 4.84. The Morgan fingerprint density at radius 3 is 2.80 bits per heavy atom. The van der Waals surface area contributed by atoms with Crippen molar-refractivity contribution in [2.45, 2.75) is 25.0 Å². The van der Waals surface area contributed by atoms with Gasteiger partial charge in [0.2, 0.25) is 0 Å². The summed E-state index contributed by atoms with van der Waals surface area (Å²) in [5.41, 5.74) is 0. The molecule has 2 heteroatoms. The summed E-state index contributed by atoms with van der Waals surface area (Å²) in [5, 5.41) is 9.66. The molecule has 3 aliphatic heterocycles. The molecule has 4 unspecified atom stereocenters. The monoisotopic (exact) mass is 139 g/mol. The highest BCUT2D eigenvalue weighted by atomic mass is 16.3. The molecule has 4 bridgehead atoms. The van der Waals surface area contributed by atoms with Crippen LogP contribution in [-0.2, 0) is 0 Å². The lowest BCUT2D eigenvalue weighted by molar-refractivity contribution is 0.0809. The van der Waals surface area contributed by atoms with Crippen molar-refractivity contribution in [2.24, 2.45) is 11.8 Å². The number of aliphatic hydroxyl groups excluding tert-OH is 1. The molecule has 0 spiro atoms. The number of rotatable bonds is 0. The first-order valence-corrected chi connectivity index (χ1v) is 4.27. The first-order valence-electron chi connectivity index (χ1n) is 4.27. The highest BCUT2D eigenvalue weighted by molar-refractivity contribution is 5.05. The summed E-state index contributed by atoms with van der Waals surface area (Å²) in [7, 11) is 0. The molecule has 3 heterocycles. The second-order valence-electron chi connectivity index (χ2n) is 4.11. The van der Waals surface area contributed by atoms with Crippen LogP contribution in [-0.4, -0.2) is 35.2 Å². The molecular formula is C8H13NO. The zero-order chi connectivity index (χ0) is 6.72. The molecule has 2 nitrogen and oxygen atoms in total. The van der Waals surface area contributed by atoms with Gasteiger partial charge < -0.3 is 5.11 Å². The van der Waals surface area contributed by atoms with Gasteiger partial charge >= 0.3 is 0 Å². The van der Waals surface area contributed by atoms with Crippen molar-refractivity contribution < 1.29 is 5.11 Å². The Balaban J connectivity index is 1.99. The minimum Gasteiger partial charge on any atom is -0.391 e. The van der Waals surface area contributed by atoms with Gasteiger partial charge in [0, 0.05) is 19.1 Å². The Morgan fingerprint density at radius 1 is 1.20 bits per heavy atom. The van der Waals surface area contributed by atoms with E-state index in [0.29, 0.717) is 12.0 Å². The summed E-state index contributed by atoms with van der Waals surface area (Å²) in [5.74, 6) is 1.57. The fourth-order valence-electron chi connectivity index (χ4n) is 3.13. The molecule has 56 valence electrons. The molecule has 4 rings (SSSR count). The Bertz CT molecular complexity index is 165. The van der Waals surface area contributed by atoms with Crippen molar-refractivity contribution in [3.63, 3.8) is 0 Å². The van der Waals surface area contributed by atoms with Crippen LogP contribution >= 0.6 is 0 Å². The molecule has 0 radical (unpaired) electrons. The lowest BCUT2D eigenvalue weighted by atomic mass is 9.81. The number of aliphatic hydroxyl groups is 1. The largest absolute Gasteiger partial charge is 0.391 e. The maximum Gasteiger partial charge on any atom is 0.0735 e. The molecular weight excluding hydrogens is 126 g/mol. The third-order valence-corrected chi connectivity index (χ3v) is 3.52. The molecule has 0 aromatic carbocycles. The van der Waals surface area contributed by atoms with Gasteiger partial charge in [0.15, 0.2) is 0 Å². The summed E-state index contributed by atoms with van der Waals surface area (Å²) >= 11 is 0. The van der Waals surface area contributed by atoms with Gasteiger partial charge in [-0.3, -0.25) is 4.90 Å². The van der Waals surface area contributed by atoms with Crippen LogP contribution in [0.5, 0.6) is 0 Å². The van der Waals surface area contributed by atoms with Crippen molar-refractivity contribution in [2.75, 3.05) is 13.1 Å². The van der Waals surface area contributed by atoms with E-state index in [1.54, 1.807) is 0 Å².